The number of nitrogens with zero attached hydrogens (tertiary/aromatic N) is 5. The van der Waals surface area contributed by atoms with Gasteiger partial charge >= 0.3 is 0 Å². The molecule has 5 rings (SSSR count). The molecular formula is C25H28N6. The van der Waals surface area contributed by atoms with E-state index in [0.29, 0.717) is 5.95 Å². The van der Waals surface area contributed by atoms with Crippen molar-refractivity contribution in [1.82, 2.24) is 24.4 Å². The Hall–Kier alpha value is -3.25. The first kappa shape index (κ1) is 19.7. The number of rotatable bonds is 6. The Morgan fingerprint density at radius 3 is 2.52 bits per heavy atom. The first-order valence-corrected chi connectivity index (χ1v) is 11.0. The fraction of sp³-hybridized carbons (Fsp3) is 0.320. The van der Waals surface area contributed by atoms with Crippen LogP contribution in [0.1, 0.15) is 35.5 Å². The maximum absolute atomic E-state index is 5.04. The lowest BCUT2D eigenvalue weighted by molar-refractivity contribution is 0.388. The van der Waals surface area contributed by atoms with Gasteiger partial charge in [0.2, 0.25) is 5.95 Å². The number of benzene rings is 2. The van der Waals surface area contributed by atoms with Gasteiger partial charge in [0.05, 0.1) is 23.3 Å². The number of anilines is 1. The third-order valence-corrected chi connectivity index (χ3v) is 5.76. The quantitative estimate of drug-likeness (QED) is 0.510. The van der Waals surface area contributed by atoms with Crippen molar-refractivity contribution in [3.8, 4) is 5.95 Å². The molecule has 2 aromatic heterocycles. The Balaban J connectivity index is 1.61. The van der Waals surface area contributed by atoms with Gasteiger partial charge in [0.1, 0.15) is 11.6 Å². The molecule has 2 heterocycles. The summed E-state index contributed by atoms with van der Waals surface area (Å²) in [6.07, 6.45) is 4.40. The first-order valence-electron chi connectivity index (χ1n) is 11.0. The maximum Gasteiger partial charge on any atom is 0.237 e. The highest BCUT2D eigenvalue weighted by Crippen LogP contribution is 2.29. The van der Waals surface area contributed by atoms with Crippen molar-refractivity contribution in [2.24, 2.45) is 0 Å². The molecule has 31 heavy (non-hydrogen) atoms. The fourth-order valence-electron chi connectivity index (χ4n) is 4.30. The number of aryl methyl sites for hydroxylation is 1. The standard InChI is InChI=1S/C25H28N6/c1-30(2)17-23-27-21-14-8-9-15-22(21)31(23)25-28-20-13-7-6-12-19(20)24(29-25)26-16-18-10-4-3-5-11-18/h3-5,8-11,14-15H,6-7,12-13,16-17H2,1-2H3,(H,26,28,29). The van der Waals surface area contributed by atoms with Crippen LogP contribution in [-0.2, 0) is 25.9 Å². The van der Waals surface area contributed by atoms with Gasteiger partial charge in [-0.1, -0.05) is 42.5 Å². The van der Waals surface area contributed by atoms with Crippen LogP contribution in [0.4, 0.5) is 5.82 Å². The number of aromatic nitrogens is 4. The van der Waals surface area contributed by atoms with Gasteiger partial charge in [0.25, 0.3) is 0 Å². The monoisotopic (exact) mass is 412 g/mol. The maximum atomic E-state index is 5.04. The largest absolute Gasteiger partial charge is 0.366 e. The van der Waals surface area contributed by atoms with Gasteiger partial charge in [0, 0.05) is 12.1 Å². The molecule has 0 radical (unpaired) electrons. The number of para-hydroxylation sites is 2. The molecule has 158 valence electrons. The van der Waals surface area contributed by atoms with Crippen LogP contribution in [0.3, 0.4) is 0 Å². The molecule has 1 aliphatic carbocycles. The molecule has 0 unspecified atom stereocenters. The average Bonchev–Trinajstić information content (AvgIpc) is 3.15. The van der Waals surface area contributed by atoms with Gasteiger partial charge in [0.15, 0.2) is 0 Å². The van der Waals surface area contributed by atoms with Gasteiger partial charge < -0.3 is 10.2 Å². The molecule has 0 fully saturated rings. The Kier molecular flexibility index (Phi) is 5.38. The smallest absolute Gasteiger partial charge is 0.237 e. The molecule has 6 heteroatoms. The van der Waals surface area contributed by atoms with Crippen molar-refractivity contribution in [3.63, 3.8) is 0 Å². The van der Waals surface area contributed by atoms with E-state index in [1.54, 1.807) is 0 Å². The Bertz CT molecular complexity index is 1200. The predicted octanol–water partition coefficient (Wildman–Crippen LogP) is 4.37. The van der Waals surface area contributed by atoms with Gasteiger partial charge in [-0.3, -0.25) is 4.57 Å². The van der Waals surface area contributed by atoms with Crippen LogP contribution >= 0.6 is 0 Å². The Morgan fingerprint density at radius 1 is 0.903 bits per heavy atom. The third kappa shape index (κ3) is 4.03. The molecule has 1 aliphatic rings. The molecule has 0 amide bonds. The molecule has 0 saturated heterocycles. The summed E-state index contributed by atoms with van der Waals surface area (Å²) in [6, 6.07) is 18.7. The predicted molar refractivity (Wildman–Crippen MR) is 124 cm³/mol. The number of hydrogen-bond donors (Lipinski definition) is 1. The summed E-state index contributed by atoms with van der Waals surface area (Å²) in [6.45, 7) is 1.47. The highest BCUT2D eigenvalue weighted by Gasteiger charge is 2.21. The third-order valence-electron chi connectivity index (χ3n) is 5.76. The SMILES string of the molecule is CN(C)Cc1nc2ccccc2n1-c1nc2c(c(NCc3ccccc3)n1)CCCC2. The van der Waals surface area contributed by atoms with Crippen LogP contribution < -0.4 is 5.32 Å². The lowest BCUT2D eigenvalue weighted by Gasteiger charge is -2.21. The number of imidazole rings is 1. The van der Waals surface area contributed by atoms with Gasteiger partial charge in [-0.25, -0.2) is 9.97 Å². The molecule has 4 aromatic rings. The van der Waals surface area contributed by atoms with Crippen LogP contribution in [0.15, 0.2) is 54.6 Å². The molecule has 1 N–H and O–H groups in total. The minimum atomic E-state index is 0.710. The Morgan fingerprint density at radius 2 is 1.68 bits per heavy atom. The second kappa shape index (κ2) is 8.47. The minimum Gasteiger partial charge on any atom is -0.366 e. The van der Waals surface area contributed by atoms with Crippen LogP contribution in [-0.4, -0.2) is 38.5 Å². The Labute approximate surface area is 183 Å². The van der Waals surface area contributed by atoms with Crippen molar-refractivity contribution >= 4 is 16.9 Å². The molecular weight excluding hydrogens is 384 g/mol. The van der Waals surface area contributed by atoms with Gasteiger partial charge in [-0.05, 0) is 57.5 Å². The molecule has 0 spiro atoms. The van der Waals surface area contributed by atoms with E-state index in [1.165, 1.54) is 29.7 Å². The van der Waals surface area contributed by atoms with E-state index in [0.717, 1.165) is 48.6 Å². The summed E-state index contributed by atoms with van der Waals surface area (Å²) in [7, 11) is 4.12. The topological polar surface area (TPSA) is 58.9 Å². The fourth-order valence-corrected chi connectivity index (χ4v) is 4.30. The van der Waals surface area contributed by atoms with Crippen molar-refractivity contribution in [2.45, 2.75) is 38.8 Å². The van der Waals surface area contributed by atoms with Crippen LogP contribution in [0.2, 0.25) is 0 Å². The lowest BCUT2D eigenvalue weighted by atomic mass is 9.96. The van der Waals surface area contributed by atoms with E-state index in [1.807, 2.05) is 18.2 Å². The number of fused-ring (bicyclic) bond motifs is 2. The molecule has 0 aliphatic heterocycles. The zero-order valence-corrected chi connectivity index (χ0v) is 18.2. The molecule has 2 aromatic carbocycles. The zero-order valence-electron chi connectivity index (χ0n) is 18.2. The first-order chi connectivity index (χ1) is 15.2. The lowest BCUT2D eigenvalue weighted by Crippen LogP contribution is -2.19. The van der Waals surface area contributed by atoms with Gasteiger partial charge in [-0.15, -0.1) is 0 Å². The van der Waals surface area contributed by atoms with E-state index in [9.17, 15) is 0 Å². The molecule has 0 atom stereocenters. The summed E-state index contributed by atoms with van der Waals surface area (Å²) in [5, 5.41) is 3.60. The van der Waals surface area contributed by atoms with Crippen molar-refractivity contribution in [2.75, 3.05) is 19.4 Å². The average molecular weight is 413 g/mol. The van der Waals surface area contributed by atoms with Crippen LogP contribution in [0, 0.1) is 0 Å². The zero-order chi connectivity index (χ0) is 21.2. The second-order valence-corrected chi connectivity index (χ2v) is 8.43. The second-order valence-electron chi connectivity index (χ2n) is 8.43. The summed E-state index contributed by atoms with van der Waals surface area (Å²) in [5.74, 6) is 2.62. The van der Waals surface area contributed by atoms with Crippen LogP contribution in [0.5, 0.6) is 0 Å². The highest BCUT2D eigenvalue weighted by molar-refractivity contribution is 5.77. The van der Waals surface area contributed by atoms with Crippen molar-refractivity contribution in [3.05, 3.63) is 77.2 Å². The van der Waals surface area contributed by atoms with Crippen LogP contribution in [0.25, 0.3) is 17.0 Å². The van der Waals surface area contributed by atoms with E-state index in [2.05, 4.69) is 65.3 Å². The molecule has 6 nitrogen and oxygen atoms in total. The van der Waals surface area contributed by atoms with E-state index in [-0.39, 0.29) is 0 Å². The summed E-state index contributed by atoms with van der Waals surface area (Å²) in [5.41, 5.74) is 5.70. The van der Waals surface area contributed by atoms with Gasteiger partial charge in [-0.2, -0.15) is 4.98 Å². The molecule has 0 saturated carbocycles. The van der Waals surface area contributed by atoms with Crippen molar-refractivity contribution in [1.29, 1.82) is 0 Å². The minimum absolute atomic E-state index is 0.710. The van der Waals surface area contributed by atoms with Crippen molar-refractivity contribution < 1.29 is 0 Å². The summed E-state index contributed by atoms with van der Waals surface area (Å²) < 4.78 is 2.12. The van der Waals surface area contributed by atoms with E-state index >= 15 is 0 Å². The highest BCUT2D eigenvalue weighted by atomic mass is 15.2. The summed E-state index contributed by atoms with van der Waals surface area (Å²) >= 11 is 0. The molecule has 0 bridgehead atoms. The van der Waals surface area contributed by atoms with E-state index in [4.69, 9.17) is 15.0 Å². The summed E-state index contributed by atoms with van der Waals surface area (Å²) in [4.78, 5) is 17.1. The number of nitrogens with one attached hydrogen (secondary N) is 1. The van der Waals surface area contributed by atoms with E-state index < -0.39 is 0 Å². The normalized spacial score (nSPS) is 13.5. The number of hydrogen-bond acceptors (Lipinski definition) is 5.